The summed E-state index contributed by atoms with van der Waals surface area (Å²) in [5, 5.41) is 2.94. The third-order valence-electron chi connectivity index (χ3n) is 4.14. The Morgan fingerprint density at radius 3 is 2.54 bits per heavy atom. The average Bonchev–Trinajstić information content (AvgIpc) is 2.58. The third-order valence-corrected chi connectivity index (χ3v) is 4.14. The predicted octanol–water partition coefficient (Wildman–Crippen LogP) is 1.65. The van der Waals surface area contributed by atoms with E-state index in [1.54, 1.807) is 0 Å². The molecule has 1 saturated heterocycles. The van der Waals surface area contributed by atoms with E-state index in [1.807, 2.05) is 32.0 Å². The Labute approximate surface area is 143 Å². The molecule has 0 unspecified atom stereocenters. The summed E-state index contributed by atoms with van der Waals surface area (Å²) >= 11 is 0. The maximum atomic E-state index is 12.3. The van der Waals surface area contributed by atoms with Crippen LogP contribution < -0.4 is 20.5 Å². The van der Waals surface area contributed by atoms with Crippen LogP contribution in [0.5, 0.6) is 11.5 Å². The Kier molecular flexibility index (Phi) is 6.87. The maximum Gasteiger partial charge on any atom is 0.240 e. The summed E-state index contributed by atoms with van der Waals surface area (Å²) in [6.07, 6.45) is 1.84. The summed E-state index contributed by atoms with van der Waals surface area (Å²) in [5.74, 6) is 1.39. The lowest BCUT2D eigenvalue weighted by atomic mass is 9.90. The van der Waals surface area contributed by atoms with Crippen molar-refractivity contribution in [1.29, 1.82) is 0 Å². The Morgan fingerprint density at radius 1 is 1.21 bits per heavy atom. The van der Waals surface area contributed by atoms with Crippen molar-refractivity contribution in [2.24, 2.45) is 5.73 Å². The van der Waals surface area contributed by atoms with Crippen molar-refractivity contribution in [3.63, 3.8) is 0 Å². The molecule has 0 spiro atoms. The molecule has 0 atom stereocenters. The number of hydrogen-bond donors (Lipinski definition) is 2. The molecule has 134 valence electrons. The second-order valence-corrected chi connectivity index (χ2v) is 5.92. The van der Waals surface area contributed by atoms with Gasteiger partial charge in [0.25, 0.3) is 0 Å². The van der Waals surface area contributed by atoms with Crippen LogP contribution >= 0.6 is 0 Å². The van der Waals surface area contributed by atoms with E-state index in [-0.39, 0.29) is 5.91 Å². The van der Waals surface area contributed by atoms with Gasteiger partial charge < -0.3 is 25.3 Å². The molecule has 1 aliphatic heterocycles. The minimum Gasteiger partial charge on any atom is -0.490 e. The van der Waals surface area contributed by atoms with Crippen molar-refractivity contribution in [1.82, 2.24) is 5.32 Å². The van der Waals surface area contributed by atoms with E-state index in [1.165, 1.54) is 0 Å². The zero-order chi connectivity index (χ0) is 17.4. The summed E-state index contributed by atoms with van der Waals surface area (Å²) < 4.78 is 16.4. The van der Waals surface area contributed by atoms with Gasteiger partial charge in [0.05, 0.1) is 18.8 Å². The molecule has 0 aromatic heterocycles. The van der Waals surface area contributed by atoms with Gasteiger partial charge in [0.1, 0.15) is 0 Å². The summed E-state index contributed by atoms with van der Waals surface area (Å²) in [7, 11) is 0. The van der Waals surface area contributed by atoms with Gasteiger partial charge in [-0.15, -0.1) is 0 Å². The molecule has 24 heavy (non-hydrogen) atoms. The van der Waals surface area contributed by atoms with E-state index >= 15 is 0 Å². The molecule has 1 aromatic rings. The molecule has 3 N–H and O–H groups in total. The lowest BCUT2D eigenvalue weighted by molar-refractivity contribution is -0.129. The minimum absolute atomic E-state index is 0.0956. The first-order chi connectivity index (χ1) is 11.6. The summed E-state index contributed by atoms with van der Waals surface area (Å²) in [6.45, 7) is 6.68. The van der Waals surface area contributed by atoms with Gasteiger partial charge in [0, 0.05) is 19.8 Å². The minimum atomic E-state index is -0.798. The number of carbonyl (C=O) groups is 1. The molecule has 1 amide bonds. The van der Waals surface area contributed by atoms with Gasteiger partial charge in [-0.25, -0.2) is 0 Å². The number of benzene rings is 1. The van der Waals surface area contributed by atoms with Gasteiger partial charge in [0.2, 0.25) is 5.91 Å². The van der Waals surface area contributed by atoms with Gasteiger partial charge in [0.15, 0.2) is 11.5 Å². The first kappa shape index (κ1) is 18.5. The normalized spacial score (nSPS) is 16.5. The summed E-state index contributed by atoms with van der Waals surface area (Å²) in [4.78, 5) is 12.3. The van der Waals surface area contributed by atoms with Crippen molar-refractivity contribution in [2.45, 2.75) is 38.6 Å². The standard InChI is InChI=1S/C18H28N2O4/c1-3-23-15-6-5-14(13-16(15)24-4-2)7-10-20-17(21)18(19)8-11-22-12-9-18/h5-6,13H,3-4,7-12,19H2,1-2H3,(H,20,21). The number of amides is 1. The molecule has 6 nitrogen and oxygen atoms in total. The van der Waals surface area contributed by atoms with E-state index in [0.717, 1.165) is 17.1 Å². The van der Waals surface area contributed by atoms with Crippen LogP contribution in [0.2, 0.25) is 0 Å². The Balaban J connectivity index is 1.89. The van der Waals surface area contributed by atoms with Crippen LogP contribution in [0.15, 0.2) is 18.2 Å². The highest BCUT2D eigenvalue weighted by molar-refractivity contribution is 5.86. The molecule has 1 aliphatic rings. The summed E-state index contributed by atoms with van der Waals surface area (Å²) in [6, 6.07) is 5.87. The quantitative estimate of drug-likeness (QED) is 0.754. The van der Waals surface area contributed by atoms with Crippen LogP contribution in [-0.4, -0.2) is 44.4 Å². The SMILES string of the molecule is CCOc1ccc(CCNC(=O)C2(N)CCOCC2)cc1OCC. The van der Waals surface area contributed by atoms with Crippen LogP contribution in [0.4, 0.5) is 0 Å². The van der Waals surface area contributed by atoms with E-state index < -0.39 is 5.54 Å². The van der Waals surface area contributed by atoms with Crippen LogP contribution in [-0.2, 0) is 16.0 Å². The monoisotopic (exact) mass is 336 g/mol. The number of hydrogen-bond acceptors (Lipinski definition) is 5. The third kappa shape index (κ3) is 4.85. The Hall–Kier alpha value is -1.79. The smallest absolute Gasteiger partial charge is 0.240 e. The number of carbonyl (C=O) groups excluding carboxylic acids is 1. The molecule has 0 bridgehead atoms. The molecule has 0 radical (unpaired) electrons. The van der Waals surface area contributed by atoms with Crippen LogP contribution in [0.1, 0.15) is 32.3 Å². The van der Waals surface area contributed by atoms with Gasteiger partial charge >= 0.3 is 0 Å². The fraction of sp³-hybridized carbons (Fsp3) is 0.611. The van der Waals surface area contributed by atoms with Crippen LogP contribution in [0, 0.1) is 0 Å². The lowest BCUT2D eigenvalue weighted by Gasteiger charge is -2.31. The Morgan fingerprint density at radius 2 is 1.88 bits per heavy atom. The van der Waals surface area contributed by atoms with Gasteiger partial charge in [-0.3, -0.25) is 4.79 Å². The van der Waals surface area contributed by atoms with Crippen LogP contribution in [0.3, 0.4) is 0 Å². The van der Waals surface area contributed by atoms with Gasteiger partial charge in [-0.2, -0.15) is 0 Å². The first-order valence-electron chi connectivity index (χ1n) is 8.62. The van der Waals surface area contributed by atoms with Crippen molar-refractivity contribution < 1.29 is 19.0 Å². The molecule has 1 heterocycles. The van der Waals surface area contributed by atoms with E-state index in [9.17, 15) is 4.79 Å². The maximum absolute atomic E-state index is 12.3. The van der Waals surface area contributed by atoms with Crippen molar-refractivity contribution in [3.05, 3.63) is 23.8 Å². The second kappa shape index (κ2) is 8.89. The highest BCUT2D eigenvalue weighted by atomic mass is 16.5. The number of rotatable bonds is 8. The van der Waals surface area contributed by atoms with Crippen molar-refractivity contribution >= 4 is 5.91 Å². The molecule has 0 saturated carbocycles. The van der Waals surface area contributed by atoms with Gasteiger partial charge in [-0.05, 0) is 50.8 Å². The molecule has 6 heteroatoms. The summed E-state index contributed by atoms with van der Waals surface area (Å²) in [5.41, 5.74) is 6.46. The fourth-order valence-electron chi connectivity index (χ4n) is 2.71. The topological polar surface area (TPSA) is 82.8 Å². The highest BCUT2D eigenvalue weighted by Gasteiger charge is 2.35. The number of ether oxygens (including phenoxy) is 3. The van der Waals surface area contributed by atoms with Crippen molar-refractivity contribution in [2.75, 3.05) is 33.0 Å². The van der Waals surface area contributed by atoms with Crippen molar-refractivity contribution in [3.8, 4) is 11.5 Å². The second-order valence-electron chi connectivity index (χ2n) is 5.92. The van der Waals surface area contributed by atoms with Gasteiger partial charge in [-0.1, -0.05) is 6.07 Å². The molecule has 1 aromatic carbocycles. The average molecular weight is 336 g/mol. The zero-order valence-corrected chi connectivity index (χ0v) is 14.6. The largest absolute Gasteiger partial charge is 0.490 e. The Bertz CT molecular complexity index is 542. The molecule has 0 aliphatic carbocycles. The van der Waals surface area contributed by atoms with E-state index in [0.29, 0.717) is 52.2 Å². The predicted molar refractivity (Wildman–Crippen MR) is 92.5 cm³/mol. The molecular weight excluding hydrogens is 308 g/mol. The van der Waals surface area contributed by atoms with E-state index in [4.69, 9.17) is 19.9 Å². The fourth-order valence-corrected chi connectivity index (χ4v) is 2.71. The number of nitrogens with two attached hydrogens (primary N) is 1. The molecular formula is C18H28N2O4. The zero-order valence-electron chi connectivity index (χ0n) is 14.6. The van der Waals surface area contributed by atoms with E-state index in [2.05, 4.69) is 5.32 Å². The molecule has 2 rings (SSSR count). The number of nitrogens with one attached hydrogen (secondary N) is 1. The van der Waals surface area contributed by atoms with Crippen LogP contribution in [0.25, 0.3) is 0 Å². The lowest BCUT2D eigenvalue weighted by Crippen LogP contribution is -2.57. The molecule has 1 fully saturated rings. The highest BCUT2D eigenvalue weighted by Crippen LogP contribution is 2.28. The first-order valence-corrected chi connectivity index (χ1v) is 8.62.